The molecular formula is C27H34N4O2S2. The molecule has 3 N–H and O–H groups in total. The zero-order chi connectivity index (χ0) is 25.5. The lowest BCUT2D eigenvalue weighted by Crippen LogP contribution is -2.25. The maximum Gasteiger partial charge on any atom is 0.251 e. The summed E-state index contributed by atoms with van der Waals surface area (Å²) >= 11 is 1.45. The Balaban J connectivity index is 0.00000210. The third-order valence-corrected chi connectivity index (χ3v) is 6.65. The second-order valence-corrected chi connectivity index (χ2v) is 9.45. The van der Waals surface area contributed by atoms with Crippen LogP contribution in [0.4, 0.5) is 5.69 Å². The molecule has 0 spiro atoms. The van der Waals surface area contributed by atoms with E-state index in [0.29, 0.717) is 23.5 Å². The predicted molar refractivity (Wildman–Crippen MR) is 149 cm³/mol. The summed E-state index contributed by atoms with van der Waals surface area (Å²) in [7, 11) is -1.31. The minimum absolute atomic E-state index is 0.0623. The summed E-state index contributed by atoms with van der Waals surface area (Å²) in [6.45, 7) is 9.10. The van der Waals surface area contributed by atoms with Crippen LogP contribution in [0, 0.1) is 6.92 Å². The first-order valence-corrected chi connectivity index (χ1v) is 13.6. The summed E-state index contributed by atoms with van der Waals surface area (Å²) < 4.78 is 18.6. The molecule has 0 radical (unpaired) electrons. The van der Waals surface area contributed by atoms with Gasteiger partial charge in [0.25, 0.3) is 5.91 Å². The molecule has 1 amide bonds. The van der Waals surface area contributed by atoms with Crippen molar-refractivity contribution in [2.45, 2.75) is 43.9 Å². The number of hydrogen-bond acceptors (Lipinski definition) is 4. The molecule has 0 aliphatic carbocycles. The summed E-state index contributed by atoms with van der Waals surface area (Å²) in [5.74, 6) is 0.746. The van der Waals surface area contributed by atoms with Crippen LogP contribution in [-0.2, 0) is 11.0 Å². The second-order valence-electron chi connectivity index (χ2n) is 7.35. The topological polar surface area (TPSA) is 82.6 Å². The van der Waals surface area contributed by atoms with Crippen molar-refractivity contribution in [3.8, 4) is 0 Å². The number of nitrogens with one attached hydrogen (secondary N) is 3. The Morgan fingerprint density at radius 3 is 2.26 bits per heavy atom. The Labute approximate surface area is 215 Å². The molecular weight excluding hydrogens is 476 g/mol. The van der Waals surface area contributed by atoms with Gasteiger partial charge >= 0.3 is 0 Å². The molecule has 1 atom stereocenters. The Kier molecular flexibility index (Phi) is 12.7. The van der Waals surface area contributed by atoms with Crippen molar-refractivity contribution in [3.05, 3.63) is 90.0 Å². The fraction of sp³-hybridized carbons (Fsp3) is 0.259. The molecule has 1 unspecified atom stereocenters. The highest BCUT2D eigenvalue weighted by Crippen LogP contribution is 2.18. The SMILES string of the molecule is CC.CC(=NCCCNC(=O)c1ccc(C)cc1)NSc1ccc(S(=O)Nc2ccccc2)cc1. The number of nitrogens with zero attached hydrogens (tertiary/aromatic N) is 1. The van der Waals surface area contributed by atoms with Gasteiger partial charge in [0.15, 0.2) is 0 Å². The van der Waals surface area contributed by atoms with E-state index in [-0.39, 0.29) is 5.91 Å². The van der Waals surface area contributed by atoms with Crippen LogP contribution in [0.5, 0.6) is 0 Å². The highest BCUT2D eigenvalue weighted by Gasteiger charge is 2.05. The highest BCUT2D eigenvalue weighted by molar-refractivity contribution is 7.98. The lowest BCUT2D eigenvalue weighted by molar-refractivity contribution is 0.0953. The smallest absolute Gasteiger partial charge is 0.251 e. The van der Waals surface area contributed by atoms with Crippen LogP contribution in [0.3, 0.4) is 0 Å². The Morgan fingerprint density at radius 1 is 0.943 bits per heavy atom. The molecule has 0 fully saturated rings. The van der Waals surface area contributed by atoms with E-state index in [1.807, 2.05) is 107 Å². The largest absolute Gasteiger partial charge is 0.352 e. The van der Waals surface area contributed by atoms with Crippen LogP contribution in [0.15, 0.2) is 93.6 Å². The van der Waals surface area contributed by atoms with Crippen molar-refractivity contribution in [2.75, 3.05) is 17.8 Å². The molecule has 3 aromatic carbocycles. The minimum atomic E-state index is -1.31. The standard InChI is InChI=1S/C25H28N4O2S2.C2H6/c1-19-9-11-21(12-10-19)25(30)27-18-6-17-26-20(2)28-32-23-13-15-24(16-14-23)33(31)29-22-7-4-3-5-8-22;1-2/h3-5,7-16,29H,6,17-18H2,1-2H3,(H,26,28)(H,27,30);1-2H3. The van der Waals surface area contributed by atoms with E-state index in [0.717, 1.165) is 28.4 Å². The normalized spacial score (nSPS) is 11.6. The van der Waals surface area contributed by atoms with Crippen molar-refractivity contribution in [2.24, 2.45) is 4.99 Å². The number of aliphatic imine (C=N–C) groups is 1. The average molecular weight is 511 g/mol. The van der Waals surface area contributed by atoms with Gasteiger partial charge in [0.05, 0.1) is 4.90 Å². The van der Waals surface area contributed by atoms with Crippen molar-refractivity contribution in [3.63, 3.8) is 0 Å². The summed E-state index contributed by atoms with van der Waals surface area (Å²) in [6.07, 6.45) is 0.760. The van der Waals surface area contributed by atoms with Crippen molar-refractivity contribution in [1.82, 2.24) is 10.0 Å². The maximum absolute atomic E-state index is 12.4. The van der Waals surface area contributed by atoms with E-state index in [4.69, 9.17) is 0 Å². The van der Waals surface area contributed by atoms with Crippen molar-refractivity contribution < 1.29 is 9.00 Å². The molecule has 0 aliphatic heterocycles. The van der Waals surface area contributed by atoms with Crippen LogP contribution in [0.25, 0.3) is 0 Å². The highest BCUT2D eigenvalue weighted by atomic mass is 32.2. The van der Waals surface area contributed by atoms with Crippen molar-refractivity contribution in [1.29, 1.82) is 0 Å². The number of hydrogen-bond donors (Lipinski definition) is 3. The van der Waals surface area contributed by atoms with Gasteiger partial charge in [-0.1, -0.05) is 49.7 Å². The monoisotopic (exact) mass is 510 g/mol. The van der Waals surface area contributed by atoms with Gasteiger partial charge in [0.2, 0.25) is 0 Å². The molecule has 0 saturated heterocycles. The summed E-state index contributed by atoms with van der Waals surface area (Å²) in [4.78, 5) is 18.3. The fourth-order valence-electron chi connectivity index (χ4n) is 2.80. The third-order valence-electron chi connectivity index (χ3n) is 4.62. The molecule has 186 valence electrons. The number of aryl methyl sites for hydroxylation is 1. The number of amidine groups is 1. The van der Waals surface area contributed by atoms with Crippen LogP contribution in [0.1, 0.15) is 43.1 Å². The molecule has 3 aromatic rings. The molecule has 0 aliphatic rings. The van der Waals surface area contributed by atoms with E-state index in [9.17, 15) is 9.00 Å². The predicted octanol–water partition coefficient (Wildman–Crippen LogP) is 5.99. The van der Waals surface area contributed by atoms with Crippen LogP contribution in [-0.4, -0.2) is 29.0 Å². The minimum Gasteiger partial charge on any atom is -0.352 e. The number of amides is 1. The number of rotatable bonds is 10. The quantitative estimate of drug-likeness (QED) is 0.135. The molecule has 3 rings (SSSR count). The number of para-hydroxylation sites is 1. The van der Waals surface area contributed by atoms with Crippen LogP contribution in [0.2, 0.25) is 0 Å². The average Bonchev–Trinajstić information content (AvgIpc) is 2.89. The summed E-state index contributed by atoms with van der Waals surface area (Å²) in [5.41, 5.74) is 2.62. The van der Waals surface area contributed by atoms with E-state index in [1.165, 1.54) is 11.9 Å². The van der Waals surface area contributed by atoms with Gasteiger partial charge in [-0.05, 0) is 80.7 Å². The van der Waals surface area contributed by atoms with Gasteiger partial charge in [-0.15, -0.1) is 0 Å². The van der Waals surface area contributed by atoms with Crippen LogP contribution >= 0.6 is 11.9 Å². The Morgan fingerprint density at radius 2 is 1.60 bits per heavy atom. The number of benzene rings is 3. The first kappa shape index (κ1) is 28.1. The number of carbonyl (C=O) groups is 1. The Hall–Kier alpha value is -3.10. The molecule has 8 heteroatoms. The van der Waals surface area contributed by atoms with Gasteiger partial charge in [0.1, 0.15) is 16.8 Å². The zero-order valence-electron chi connectivity index (χ0n) is 20.7. The zero-order valence-corrected chi connectivity index (χ0v) is 22.3. The van der Waals surface area contributed by atoms with E-state index >= 15 is 0 Å². The van der Waals surface area contributed by atoms with Crippen molar-refractivity contribution >= 4 is 40.4 Å². The molecule has 0 aromatic heterocycles. The lowest BCUT2D eigenvalue weighted by atomic mass is 10.1. The molecule has 0 heterocycles. The van der Waals surface area contributed by atoms with Gasteiger partial charge in [-0.2, -0.15) is 0 Å². The number of anilines is 1. The molecule has 35 heavy (non-hydrogen) atoms. The first-order valence-electron chi connectivity index (χ1n) is 11.6. The number of carbonyl (C=O) groups excluding carboxylic acids is 1. The summed E-state index contributed by atoms with van der Waals surface area (Å²) in [6, 6.07) is 24.5. The van der Waals surface area contributed by atoms with E-state index in [2.05, 4.69) is 19.8 Å². The third kappa shape index (κ3) is 10.4. The maximum atomic E-state index is 12.4. The molecule has 0 bridgehead atoms. The van der Waals surface area contributed by atoms with E-state index < -0.39 is 11.0 Å². The lowest BCUT2D eigenvalue weighted by Gasteiger charge is -2.08. The molecule has 0 saturated carbocycles. The molecule has 6 nitrogen and oxygen atoms in total. The van der Waals surface area contributed by atoms with Crippen LogP contribution < -0.4 is 14.8 Å². The Bertz CT molecular complexity index is 1090. The first-order chi connectivity index (χ1) is 17.0. The van der Waals surface area contributed by atoms with E-state index in [1.54, 1.807) is 0 Å². The van der Waals surface area contributed by atoms with Gasteiger partial charge in [0, 0.05) is 29.2 Å². The van der Waals surface area contributed by atoms with Gasteiger partial charge < -0.3 is 14.8 Å². The fourth-order valence-corrected chi connectivity index (χ4v) is 4.26. The van der Waals surface area contributed by atoms with Gasteiger partial charge in [-0.3, -0.25) is 9.79 Å². The second kappa shape index (κ2) is 15.7. The summed E-state index contributed by atoms with van der Waals surface area (Å²) in [5, 5.41) is 2.92. The van der Waals surface area contributed by atoms with Gasteiger partial charge in [-0.25, -0.2) is 4.21 Å².